The Hall–Kier alpha value is -0.610. The molecule has 2 heterocycles. The Morgan fingerprint density at radius 1 is 0.960 bits per heavy atom. The monoisotopic (exact) mass is 345 g/mol. The van der Waals surface area contributed by atoms with Crippen molar-refractivity contribution < 1.29 is 4.79 Å². The van der Waals surface area contributed by atoms with Crippen LogP contribution >= 0.6 is 0 Å². The van der Waals surface area contributed by atoms with Crippen molar-refractivity contribution >= 4 is 5.91 Å². The number of rotatable bonds is 4. The first-order chi connectivity index (χ1) is 12.2. The van der Waals surface area contributed by atoms with Crippen LogP contribution in [-0.4, -0.2) is 60.5 Å². The van der Waals surface area contributed by atoms with Crippen LogP contribution in [0.3, 0.4) is 0 Å². The highest BCUT2D eigenvalue weighted by Crippen LogP contribution is 2.53. The topological polar surface area (TPSA) is 35.6 Å². The molecule has 0 radical (unpaired) electrons. The molecular formula is C21H35N3O. The van der Waals surface area contributed by atoms with E-state index in [0.717, 1.165) is 43.2 Å². The summed E-state index contributed by atoms with van der Waals surface area (Å²) in [6.07, 6.45) is 11.9. The summed E-state index contributed by atoms with van der Waals surface area (Å²) in [4.78, 5) is 18.1. The van der Waals surface area contributed by atoms with Crippen molar-refractivity contribution in [3.63, 3.8) is 0 Å². The Kier molecular flexibility index (Phi) is 4.32. The minimum atomic E-state index is 0.145. The van der Waals surface area contributed by atoms with Gasteiger partial charge in [0.25, 0.3) is 0 Å². The van der Waals surface area contributed by atoms with E-state index in [4.69, 9.17) is 0 Å². The molecule has 25 heavy (non-hydrogen) atoms. The molecule has 4 saturated carbocycles. The van der Waals surface area contributed by atoms with Gasteiger partial charge in [-0.3, -0.25) is 9.69 Å². The van der Waals surface area contributed by atoms with Crippen molar-refractivity contribution in [2.45, 2.75) is 75.9 Å². The minimum Gasteiger partial charge on any atom is -0.351 e. The lowest BCUT2D eigenvalue weighted by atomic mass is 9.54. The second-order valence-corrected chi connectivity index (χ2v) is 9.89. The molecule has 1 amide bonds. The number of carbonyl (C=O) groups excluding carboxylic acids is 1. The second-order valence-electron chi connectivity index (χ2n) is 9.89. The third-order valence-electron chi connectivity index (χ3n) is 8.32. The van der Waals surface area contributed by atoms with Gasteiger partial charge in [-0.2, -0.15) is 0 Å². The fraction of sp³-hybridized carbons (Fsp3) is 0.952. The fourth-order valence-corrected chi connectivity index (χ4v) is 7.24. The van der Waals surface area contributed by atoms with E-state index in [0.29, 0.717) is 18.0 Å². The quantitative estimate of drug-likeness (QED) is 0.850. The predicted molar refractivity (Wildman–Crippen MR) is 99.2 cm³/mol. The molecule has 0 aromatic heterocycles. The maximum atomic E-state index is 13.1. The number of likely N-dealkylation sites (N-methyl/N-ethyl adjacent to an activating group) is 1. The minimum absolute atomic E-state index is 0.145. The van der Waals surface area contributed by atoms with E-state index in [1.165, 1.54) is 57.9 Å². The van der Waals surface area contributed by atoms with Crippen molar-refractivity contribution in [2.75, 3.05) is 26.7 Å². The lowest BCUT2D eigenvalue weighted by Gasteiger charge is -2.54. The van der Waals surface area contributed by atoms with Crippen molar-refractivity contribution in [3.05, 3.63) is 0 Å². The van der Waals surface area contributed by atoms with Crippen LogP contribution in [-0.2, 0) is 4.79 Å². The van der Waals surface area contributed by atoms with Crippen LogP contribution in [0, 0.1) is 23.7 Å². The average Bonchev–Trinajstić information content (AvgIpc) is 3.20. The predicted octanol–water partition coefficient (Wildman–Crippen LogP) is 2.49. The molecule has 0 aromatic rings. The summed E-state index contributed by atoms with van der Waals surface area (Å²) in [7, 11) is 2.25. The molecule has 4 nitrogen and oxygen atoms in total. The van der Waals surface area contributed by atoms with Crippen LogP contribution in [0.15, 0.2) is 0 Å². The molecule has 1 N–H and O–H groups in total. The number of nitrogens with zero attached hydrogens (tertiary/aromatic N) is 2. The molecule has 4 aliphatic carbocycles. The van der Waals surface area contributed by atoms with Crippen molar-refractivity contribution in [1.29, 1.82) is 0 Å². The van der Waals surface area contributed by atoms with E-state index < -0.39 is 0 Å². The van der Waals surface area contributed by atoms with E-state index in [1.807, 2.05) is 0 Å². The summed E-state index contributed by atoms with van der Waals surface area (Å²) in [6, 6.07) is 1.30. The highest BCUT2D eigenvalue weighted by molar-refractivity contribution is 5.82. The van der Waals surface area contributed by atoms with Gasteiger partial charge in [-0.25, -0.2) is 0 Å². The average molecular weight is 346 g/mol. The zero-order valence-corrected chi connectivity index (χ0v) is 15.8. The van der Waals surface area contributed by atoms with E-state index in [9.17, 15) is 4.79 Å². The van der Waals surface area contributed by atoms with Crippen LogP contribution < -0.4 is 5.32 Å². The highest BCUT2D eigenvalue weighted by atomic mass is 16.2. The Morgan fingerprint density at radius 3 is 2.28 bits per heavy atom. The summed E-state index contributed by atoms with van der Waals surface area (Å²) < 4.78 is 0. The number of hydrogen-bond acceptors (Lipinski definition) is 3. The fourth-order valence-electron chi connectivity index (χ4n) is 7.24. The molecule has 4 heteroatoms. The first kappa shape index (κ1) is 16.6. The molecule has 4 bridgehead atoms. The SMILES string of the molecule is CN1CCC[C@H]1CN1CCC[C@@H]1C(=O)NC1C2CC3CC(C2)CC1C3. The van der Waals surface area contributed by atoms with Crippen molar-refractivity contribution in [2.24, 2.45) is 23.7 Å². The molecule has 140 valence electrons. The summed E-state index contributed by atoms with van der Waals surface area (Å²) in [5, 5.41) is 3.58. The molecule has 6 fully saturated rings. The number of carbonyl (C=O) groups is 1. The van der Waals surface area contributed by atoms with Crippen LogP contribution in [0.25, 0.3) is 0 Å². The van der Waals surface area contributed by atoms with E-state index in [1.54, 1.807) is 0 Å². The summed E-state index contributed by atoms with van der Waals surface area (Å²) in [6.45, 7) is 3.43. The van der Waals surface area contributed by atoms with E-state index in [-0.39, 0.29) is 6.04 Å². The smallest absolute Gasteiger partial charge is 0.237 e. The molecular weight excluding hydrogens is 310 g/mol. The van der Waals surface area contributed by atoms with Crippen LogP contribution in [0.5, 0.6) is 0 Å². The van der Waals surface area contributed by atoms with Crippen LogP contribution in [0.1, 0.15) is 57.8 Å². The summed E-state index contributed by atoms with van der Waals surface area (Å²) in [5.74, 6) is 3.90. The van der Waals surface area contributed by atoms with Crippen LogP contribution in [0.2, 0.25) is 0 Å². The third-order valence-corrected chi connectivity index (χ3v) is 8.32. The third kappa shape index (κ3) is 3.03. The van der Waals surface area contributed by atoms with Gasteiger partial charge in [0.15, 0.2) is 0 Å². The number of likely N-dealkylation sites (tertiary alicyclic amines) is 2. The summed E-state index contributed by atoms with van der Waals surface area (Å²) >= 11 is 0. The van der Waals surface area contributed by atoms with Gasteiger partial charge in [-0.1, -0.05) is 0 Å². The number of amides is 1. The Balaban J connectivity index is 1.21. The van der Waals surface area contributed by atoms with Gasteiger partial charge in [0.05, 0.1) is 6.04 Å². The van der Waals surface area contributed by atoms with Crippen molar-refractivity contribution in [1.82, 2.24) is 15.1 Å². The molecule has 2 atom stereocenters. The molecule has 2 saturated heterocycles. The van der Waals surface area contributed by atoms with Gasteiger partial charge in [-0.15, -0.1) is 0 Å². The molecule has 0 unspecified atom stereocenters. The normalized spacial score (nSPS) is 46.8. The maximum Gasteiger partial charge on any atom is 0.237 e. The zero-order valence-electron chi connectivity index (χ0n) is 15.8. The lowest BCUT2D eigenvalue weighted by molar-refractivity contribution is -0.129. The van der Waals surface area contributed by atoms with E-state index in [2.05, 4.69) is 22.2 Å². The summed E-state index contributed by atoms with van der Waals surface area (Å²) in [5.41, 5.74) is 0. The van der Waals surface area contributed by atoms with Gasteiger partial charge >= 0.3 is 0 Å². The number of hydrogen-bond donors (Lipinski definition) is 1. The molecule has 2 aliphatic heterocycles. The lowest BCUT2D eigenvalue weighted by Crippen LogP contribution is -2.58. The van der Waals surface area contributed by atoms with E-state index >= 15 is 0 Å². The highest BCUT2D eigenvalue weighted by Gasteiger charge is 2.49. The first-order valence-corrected chi connectivity index (χ1v) is 10.9. The Labute approximate surface area is 152 Å². The van der Waals surface area contributed by atoms with Crippen LogP contribution in [0.4, 0.5) is 0 Å². The van der Waals surface area contributed by atoms with Gasteiger partial charge in [0.2, 0.25) is 5.91 Å². The second kappa shape index (κ2) is 6.53. The largest absolute Gasteiger partial charge is 0.351 e. The van der Waals surface area contributed by atoms with Gasteiger partial charge in [0.1, 0.15) is 0 Å². The molecule has 0 spiro atoms. The molecule has 6 rings (SSSR count). The standard InChI is InChI=1S/C21H35N3O/c1-23-6-2-4-18(23)13-24-7-3-5-19(24)21(25)22-20-16-9-14-8-15(11-16)12-17(20)10-14/h14-20H,2-13H2,1H3,(H,22,25)/t14?,15?,16?,17?,18-,19+,20?/m0/s1. The Bertz CT molecular complexity index is 493. The van der Waals surface area contributed by atoms with Gasteiger partial charge in [0, 0.05) is 18.6 Å². The van der Waals surface area contributed by atoms with Gasteiger partial charge < -0.3 is 10.2 Å². The molecule has 6 aliphatic rings. The number of nitrogens with one attached hydrogen (secondary N) is 1. The van der Waals surface area contributed by atoms with Gasteiger partial charge in [-0.05, 0) is 102 Å². The zero-order chi connectivity index (χ0) is 17.0. The van der Waals surface area contributed by atoms with Crippen molar-refractivity contribution in [3.8, 4) is 0 Å². The first-order valence-electron chi connectivity index (χ1n) is 10.9. The Morgan fingerprint density at radius 2 is 1.64 bits per heavy atom. The molecule has 0 aromatic carbocycles. The maximum absolute atomic E-state index is 13.1.